The maximum absolute atomic E-state index is 12.3. The first-order valence-electron chi connectivity index (χ1n) is 8.18. The summed E-state index contributed by atoms with van der Waals surface area (Å²) in [4.78, 5) is 24.1. The number of alkyl carbamates (subject to hydrolysis) is 1. The molecule has 0 spiro atoms. The summed E-state index contributed by atoms with van der Waals surface area (Å²) in [6.45, 7) is -1.79. The maximum Gasteiger partial charge on any atom is 0.422 e. The van der Waals surface area contributed by atoms with Gasteiger partial charge in [0.15, 0.2) is 6.61 Å². The van der Waals surface area contributed by atoms with Crippen molar-refractivity contribution in [3.05, 3.63) is 70.2 Å². The van der Waals surface area contributed by atoms with Crippen LogP contribution in [-0.4, -0.2) is 30.9 Å². The summed E-state index contributed by atoms with van der Waals surface area (Å²) in [5, 5.41) is 2.28. The summed E-state index contributed by atoms with van der Waals surface area (Å²) in [7, 11) is 0. The van der Waals surface area contributed by atoms with Gasteiger partial charge in [0.1, 0.15) is 12.6 Å². The molecule has 0 aromatic heterocycles. The predicted molar refractivity (Wildman–Crippen MR) is 98.4 cm³/mol. The standard InChI is InChI=1S/C19H17BrF3NO4/c20-15-9-5-4-8-14(15)10-16(17(25)28-12-19(21,22)23)24-18(26)27-11-13-6-2-1-3-7-13/h1-9,16H,10-12H2,(H,24,26). The van der Waals surface area contributed by atoms with Crippen LogP contribution in [0.25, 0.3) is 0 Å². The highest BCUT2D eigenvalue weighted by Gasteiger charge is 2.32. The lowest BCUT2D eigenvalue weighted by atomic mass is 10.1. The van der Waals surface area contributed by atoms with Crippen LogP contribution in [0.2, 0.25) is 0 Å². The van der Waals surface area contributed by atoms with Gasteiger partial charge in [-0.05, 0) is 17.2 Å². The number of hydrogen-bond donors (Lipinski definition) is 1. The third-order valence-corrected chi connectivity index (χ3v) is 4.32. The summed E-state index contributed by atoms with van der Waals surface area (Å²) in [6.07, 6.45) is -5.68. The fraction of sp³-hybridized carbons (Fsp3) is 0.263. The van der Waals surface area contributed by atoms with Gasteiger partial charge in [0.05, 0.1) is 0 Å². The van der Waals surface area contributed by atoms with Crippen molar-refractivity contribution in [3.63, 3.8) is 0 Å². The summed E-state index contributed by atoms with van der Waals surface area (Å²) in [6, 6.07) is 14.3. The van der Waals surface area contributed by atoms with Gasteiger partial charge in [-0.1, -0.05) is 64.5 Å². The number of alkyl halides is 3. The van der Waals surface area contributed by atoms with Crippen molar-refractivity contribution < 1.29 is 32.2 Å². The number of halogens is 4. The van der Waals surface area contributed by atoms with Crippen LogP contribution >= 0.6 is 15.9 Å². The van der Waals surface area contributed by atoms with Crippen molar-refractivity contribution in [3.8, 4) is 0 Å². The second-order valence-corrected chi connectivity index (χ2v) is 6.63. The normalized spacial score (nSPS) is 12.1. The molecule has 1 amide bonds. The van der Waals surface area contributed by atoms with Crippen LogP contribution in [0, 0.1) is 0 Å². The molecule has 2 rings (SSSR count). The van der Waals surface area contributed by atoms with Gasteiger partial charge in [0, 0.05) is 10.9 Å². The summed E-state index contributed by atoms with van der Waals surface area (Å²) >= 11 is 3.30. The molecule has 1 atom stereocenters. The van der Waals surface area contributed by atoms with Crippen molar-refractivity contribution in [1.29, 1.82) is 0 Å². The van der Waals surface area contributed by atoms with Gasteiger partial charge in [-0.15, -0.1) is 0 Å². The lowest BCUT2D eigenvalue weighted by Crippen LogP contribution is -2.44. The molecule has 0 bridgehead atoms. The Kier molecular flexibility index (Phi) is 7.86. The second-order valence-electron chi connectivity index (χ2n) is 5.78. The van der Waals surface area contributed by atoms with Crippen LogP contribution in [-0.2, 0) is 27.3 Å². The van der Waals surface area contributed by atoms with Crippen LogP contribution in [0.15, 0.2) is 59.1 Å². The molecule has 0 fully saturated rings. The molecular formula is C19H17BrF3NO4. The first-order valence-corrected chi connectivity index (χ1v) is 8.98. The number of hydrogen-bond acceptors (Lipinski definition) is 4. The summed E-state index contributed by atoms with van der Waals surface area (Å²) in [5.41, 5.74) is 1.33. The SMILES string of the molecule is O=C(NC(Cc1ccccc1Br)C(=O)OCC(F)(F)F)OCc1ccccc1. The first-order chi connectivity index (χ1) is 13.2. The number of carbonyl (C=O) groups excluding carboxylic acids is 2. The quantitative estimate of drug-likeness (QED) is 0.623. The Morgan fingerprint density at radius 1 is 1.00 bits per heavy atom. The smallest absolute Gasteiger partial charge is 0.422 e. The third-order valence-electron chi connectivity index (χ3n) is 3.55. The van der Waals surface area contributed by atoms with Gasteiger partial charge in [0.2, 0.25) is 0 Å². The van der Waals surface area contributed by atoms with Gasteiger partial charge in [-0.3, -0.25) is 0 Å². The van der Waals surface area contributed by atoms with Crippen LogP contribution in [0.5, 0.6) is 0 Å². The molecular weight excluding hydrogens is 443 g/mol. The highest BCUT2D eigenvalue weighted by Crippen LogP contribution is 2.19. The van der Waals surface area contributed by atoms with Crippen molar-refractivity contribution in [2.24, 2.45) is 0 Å². The molecule has 150 valence electrons. The van der Waals surface area contributed by atoms with E-state index in [-0.39, 0.29) is 13.0 Å². The average Bonchev–Trinajstić information content (AvgIpc) is 2.66. The zero-order valence-electron chi connectivity index (χ0n) is 14.5. The van der Waals surface area contributed by atoms with E-state index in [0.29, 0.717) is 10.0 Å². The van der Waals surface area contributed by atoms with Crippen molar-refractivity contribution in [2.45, 2.75) is 25.2 Å². The monoisotopic (exact) mass is 459 g/mol. The van der Waals surface area contributed by atoms with Gasteiger partial charge >= 0.3 is 18.2 Å². The number of benzene rings is 2. The number of amides is 1. The minimum atomic E-state index is -4.67. The predicted octanol–water partition coefficient (Wildman–Crippen LogP) is 4.39. The Morgan fingerprint density at radius 3 is 2.29 bits per heavy atom. The van der Waals surface area contributed by atoms with Crippen LogP contribution in [0.3, 0.4) is 0 Å². The van der Waals surface area contributed by atoms with E-state index in [2.05, 4.69) is 26.0 Å². The van der Waals surface area contributed by atoms with E-state index < -0.39 is 30.9 Å². The Bertz CT molecular complexity index is 799. The second kappa shape index (κ2) is 10.1. The lowest BCUT2D eigenvalue weighted by Gasteiger charge is -2.19. The van der Waals surface area contributed by atoms with E-state index in [1.165, 1.54) is 0 Å². The topological polar surface area (TPSA) is 64.6 Å². The lowest BCUT2D eigenvalue weighted by molar-refractivity contribution is -0.187. The molecule has 0 aliphatic heterocycles. The number of carbonyl (C=O) groups is 2. The molecule has 0 aliphatic rings. The molecule has 0 heterocycles. The van der Waals surface area contributed by atoms with Crippen molar-refractivity contribution >= 4 is 28.0 Å². The Hall–Kier alpha value is -2.55. The fourth-order valence-electron chi connectivity index (χ4n) is 2.24. The highest BCUT2D eigenvalue weighted by molar-refractivity contribution is 9.10. The van der Waals surface area contributed by atoms with E-state index in [9.17, 15) is 22.8 Å². The van der Waals surface area contributed by atoms with Gasteiger partial charge in [0.25, 0.3) is 0 Å². The van der Waals surface area contributed by atoms with E-state index in [1.54, 1.807) is 54.6 Å². The fourth-order valence-corrected chi connectivity index (χ4v) is 2.68. The van der Waals surface area contributed by atoms with Gasteiger partial charge < -0.3 is 14.8 Å². The number of ether oxygens (including phenoxy) is 2. The summed E-state index contributed by atoms with van der Waals surface area (Å²) in [5.74, 6) is -1.20. The van der Waals surface area contributed by atoms with E-state index >= 15 is 0 Å². The number of nitrogens with one attached hydrogen (secondary N) is 1. The third kappa shape index (κ3) is 7.59. The number of esters is 1. The Morgan fingerprint density at radius 2 is 1.64 bits per heavy atom. The van der Waals surface area contributed by atoms with Crippen molar-refractivity contribution in [1.82, 2.24) is 5.32 Å². The molecule has 1 N–H and O–H groups in total. The Labute approximate surface area is 168 Å². The van der Waals surface area contributed by atoms with Gasteiger partial charge in [-0.2, -0.15) is 13.2 Å². The average molecular weight is 460 g/mol. The molecule has 2 aromatic carbocycles. The van der Waals surface area contributed by atoms with Gasteiger partial charge in [-0.25, -0.2) is 9.59 Å². The molecule has 0 aliphatic carbocycles. The van der Waals surface area contributed by atoms with E-state index in [1.807, 2.05) is 0 Å². The zero-order valence-corrected chi connectivity index (χ0v) is 16.1. The minimum absolute atomic E-state index is 0.0496. The Balaban J connectivity index is 2.03. The largest absolute Gasteiger partial charge is 0.454 e. The molecule has 1 unspecified atom stereocenters. The molecule has 0 saturated carbocycles. The molecule has 9 heteroatoms. The molecule has 0 saturated heterocycles. The van der Waals surface area contributed by atoms with E-state index in [4.69, 9.17) is 4.74 Å². The van der Waals surface area contributed by atoms with Crippen LogP contribution in [0.4, 0.5) is 18.0 Å². The summed E-state index contributed by atoms with van der Waals surface area (Å²) < 4.78 is 47.0. The zero-order chi connectivity index (χ0) is 20.6. The highest BCUT2D eigenvalue weighted by atomic mass is 79.9. The van der Waals surface area contributed by atoms with Crippen LogP contribution in [0.1, 0.15) is 11.1 Å². The van der Waals surface area contributed by atoms with E-state index in [0.717, 1.165) is 5.56 Å². The number of rotatable bonds is 7. The minimum Gasteiger partial charge on any atom is -0.454 e. The molecule has 2 aromatic rings. The molecule has 28 heavy (non-hydrogen) atoms. The molecule has 0 radical (unpaired) electrons. The van der Waals surface area contributed by atoms with Crippen molar-refractivity contribution in [2.75, 3.05) is 6.61 Å². The van der Waals surface area contributed by atoms with Crippen LogP contribution < -0.4 is 5.32 Å². The molecule has 5 nitrogen and oxygen atoms in total. The first kappa shape index (κ1) is 21.7. The maximum atomic E-state index is 12.3.